The van der Waals surface area contributed by atoms with Crippen LogP contribution in [0.4, 0.5) is 4.39 Å². The number of aromatic nitrogens is 1. The van der Waals surface area contributed by atoms with Crippen molar-refractivity contribution in [3.8, 4) is 22.9 Å². The third-order valence-electron chi connectivity index (χ3n) is 4.13. The molecule has 3 aromatic rings. The minimum atomic E-state index is -0.974. The van der Waals surface area contributed by atoms with Crippen LogP contribution < -0.4 is 9.22 Å². The second-order valence-electron chi connectivity index (χ2n) is 5.93. The van der Waals surface area contributed by atoms with Gasteiger partial charge in [0.25, 0.3) is 0 Å². The predicted octanol–water partition coefficient (Wildman–Crippen LogP) is 1.75. The third kappa shape index (κ3) is 4.11. The number of halogens is 1. The van der Waals surface area contributed by atoms with E-state index in [4.69, 9.17) is 9.84 Å². The third-order valence-corrected chi connectivity index (χ3v) is 7.01. The van der Waals surface area contributed by atoms with Gasteiger partial charge < -0.3 is 0 Å². The molecule has 0 saturated heterocycles. The molecule has 0 aliphatic heterocycles. The van der Waals surface area contributed by atoms with Crippen molar-refractivity contribution in [2.75, 3.05) is 13.7 Å². The molecule has 5 nitrogen and oxygen atoms in total. The quantitative estimate of drug-likeness (QED) is 0.585. The van der Waals surface area contributed by atoms with Crippen LogP contribution in [0.1, 0.15) is 5.56 Å². The number of methoxy groups -OCH3 is 1. The molecular formula is C20H18AsFN2O3. The van der Waals surface area contributed by atoms with E-state index >= 15 is 0 Å². The van der Waals surface area contributed by atoms with Gasteiger partial charge in [0.2, 0.25) is 0 Å². The summed E-state index contributed by atoms with van der Waals surface area (Å²) in [5, 5.41) is 29.7. The van der Waals surface area contributed by atoms with E-state index < -0.39 is 27.7 Å². The van der Waals surface area contributed by atoms with Gasteiger partial charge in [0.15, 0.2) is 0 Å². The van der Waals surface area contributed by atoms with Crippen molar-refractivity contribution in [3.63, 3.8) is 0 Å². The number of hydrogen-bond acceptors (Lipinski definition) is 5. The molecule has 27 heavy (non-hydrogen) atoms. The fraction of sp³-hybridized carbons (Fsp3) is 0.200. The fourth-order valence-electron chi connectivity index (χ4n) is 2.83. The second-order valence-corrected chi connectivity index (χ2v) is 8.52. The van der Waals surface area contributed by atoms with Gasteiger partial charge in [-0.25, -0.2) is 0 Å². The molecular weight excluding hydrogens is 410 g/mol. The summed E-state index contributed by atoms with van der Waals surface area (Å²) >= 11 is -0.974. The average Bonchev–Trinajstić information content (AvgIpc) is 2.70. The van der Waals surface area contributed by atoms with Crippen molar-refractivity contribution in [3.05, 3.63) is 53.8 Å². The van der Waals surface area contributed by atoms with Crippen LogP contribution in [0.25, 0.3) is 22.0 Å². The second kappa shape index (κ2) is 8.49. The van der Waals surface area contributed by atoms with E-state index in [9.17, 15) is 14.8 Å². The van der Waals surface area contributed by atoms with E-state index in [0.29, 0.717) is 43.0 Å². The first kappa shape index (κ1) is 19.3. The Morgan fingerprint density at radius 3 is 2.78 bits per heavy atom. The molecule has 1 heterocycles. The molecule has 3 rings (SSSR count). The molecule has 0 saturated carbocycles. The normalized spacial score (nSPS) is 12.4. The molecule has 0 bridgehead atoms. The number of pyridine rings is 1. The summed E-state index contributed by atoms with van der Waals surface area (Å²) in [6.07, 6.45) is -0.831. The SMILES string of the molecule is COc1ccc2nc([AsH]C[C@@H](O)CO)c(C#N)c(-c3cccc(F)c3)c2c1. The number of ether oxygens (including phenoxy) is 1. The number of aliphatic hydroxyl groups is 2. The molecule has 0 fully saturated rings. The maximum absolute atomic E-state index is 13.9. The van der Waals surface area contributed by atoms with Gasteiger partial charge in [-0.1, -0.05) is 0 Å². The maximum atomic E-state index is 13.9. The van der Waals surface area contributed by atoms with Crippen LogP contribution in [0.5, 0.6) is 5.75 Å². The van der Waals surface area contributed by atoms with Gasteiger partial charge in [-0.3, -0.25) is 0 Å². The van der Waals surface area contributed by atoms with Crippen molar-refractivity contribution >= 4 is 31.1 Å². The molecule has 1 unspecified atom stereocenters. The summed E-state index contributed by atoms with van der Waals surface area (Å²) in [4.78, 5) is 4.63. The number of benzene rings is 2. The number of aliphatic hydroxyl groups excluding tert-OH is 2. The van der Waals surface area contributed by atoms with E-state index in [2.05, 4.69) is 11.1 Å². The molecule has 2 aromatic carbocycles. The van der Waals surface area contributed by atoms with E-state index in [1.54, 1.807) is 37.4 Å². The number of nitrogens with zero attached hydrogens (tertiary/aromatic N) is 2. The van der Waals surface area contributed by atoms with Crippen LogP contribution in [0.15, 0.2) is 42.5 Å². The van der Waals surface area contributed by atoms with E-state index in [-0.39, 0.29) is 6.61 Å². The monoisotopic (exact) mass is 428 g/mol. The van der Waals surface area contributed by atoms with Crippen LogP contribution in [-0.2, 0) is 0 Å². The summed E-state index contributed by atoms with van der Waals surface area (Å²) in [5.41, 5.74) is 2.25. The van der Waals surface area contributed by atoms with Crippen LogP contribution in [0.3, 0.4) is 0 Å². The summed E-state index contributed by atoms with van der Waals surface area (Å²) in [7, 11) is 1.55. The molecule has 0 spiro atoms. The molecule has 0 radical (unpaired) electrons. The number of fused-ring (bicyclic) bond motifs is 1. The molecule has 0 amide bonds. The molecule has 0 aliphatic carbocycles. The van der Waals surface area contributed by atoms with Crippen LogP contribution >= 0.6 is 0 Å². The van der Waals surface area contributed by atoms with Crippen molar-refractivity contribution in [1.29, 1.82) is 5.26 Å². The molecule has 2 atom stereocenters. The zero-order chi connectivity index (χ0) is 19.4. The number of nitriles is 1. The van der Waals surface area contributed by atoms with Crippen LogP contribution in [0.2, 0.25) is 5.21 Å². The Kier molecular flexibility index (Phi) is 6.07. The summed E-state index contributed by atoms with van der Waals surface area (Å²) in [5.74, 6) is 0.225. The zero-order valence-electron chi connectivity index (χ0n) is 14.6. The molecule has 0 aliphatic rings. The molecule has 1 aromatic heterocycles. The Labute approximate surface area is 162 Å². The van der Waals surface area contributed by atoms with E-state index in [1.807, 2.05) is 0 Å². The van der Waals surface area contributed by atoms with Crippen LogP contribution in [-0.4, -0.2) is 50.8 Å². The Balaban J connectivity index is 2.28. The van der Waals surface area contributed by atoms with E-state index in [1.165, 1.54) is 12.1 Å². The van der Waals surface area contributed by atoms with Gasteiger partial charge in [-0.2, -0.15) is 0 Å². The standard InChI is InChI=1S/C20H18AsFN2O3/c1-27-15-5-6-18-16(8-15)19(12-3-2-4-13(22)7-12)17(10-23)20(24-18)21-9-14(26)11-25/h2-8,14,21,25-26H,9,11H2,1H3/t14-/m1/s1. The fourth-order valence-corrected chi connectivity index (χ4v) is 5.17. The Morgan fingerprint density at radius 2 is 2.11 bits per heavy atom. The summed E-state index contributed by atoms with van der Waals surface area (Å²) < 4.78 is 19.8. The number of hydrogen-bond donors (Lipinski definition) is 2. The van der Waals surface area contributed by atoms with Crippen molar-refractivity contribution in [2.45, 2.75) is 11.3 Å². The van der Waals surface area contributed by atoms with Gasteiger partial charge in [0, 0.05) is 0 Å². The van der Waals surface area contributed by atoms with Crippen LogP contribution in [0, 0.1) is 17.1 Å². The van der Waals surface area contributed by atoms with Gasteiger partial charge in [0.05, 0.1) is 0 Å². The van der Waals surface area contributed by atoms with Gasteiger partial charge in [-0.05, 0) is 0 Å². The summed E-state index contributed by atoms with van der Waals surface area (Å²) in [6, 6.07) is 13.7. The Hall–Kier alpha value is -2.45. The first-order valence-corrected chi connectivity index (χ1v) is 10.8. The predicted molar refractivity (Wildman–Crippen MR) is 103 cm³/mol. The minimum absolute atomic E-state index is 0.326. The van der Waals surface area contributed by atoms with Gasteiger partial charge >= 0.3 is 163 Å². The van der Waals surface area contributed by atoms with Crippen molar-refractivity contribution in [1.82, 2.24) is 4.98 Å². The first-order chi connectivity index (χ1) is 13.1. The molecule has 138 valence electrons. The zero-order valence-corrected chi connectivity index (χ0v) is 16.7. The molecule has 7 heteroatoms. The van der Waals surface area contributed by atoms with Crippen molar-refractivity contribution in [2.24, 2.45) is 0 Å². The van der Waals surface area contributed by atoms with Gasteiger partial charge in [0.1, 0.15) is 0 Å². The van der Waals surface area contributed by atoms with Gasteiger partial charge in [-0.15, -0.1) is 0 Å². The molecule has 2 N–H and O–H groups in total. The Morgan fingerprint density at radius 1 is 1.30 bits per heavy atom. The summed E-state index contributed by atoms with van der Waals surface area (Å²) in [6.45, 7) is -0.326. The topological polar surface area (TPSA) is 86.4 Å². The van der Waals surface area contributed by atoms with E-state index in [0.717, 1.165) is 0 Å². The van der Waals surface area contributed by atoms with Crippen molar-refractivity contribution < 1.29 is 19.3 Å². The Bertz CT molecular complexity index is 1020. The number of rotatable bonds is 6. The first-order valence-electron chi connectivity index (χ1n) is 8.28. The average molecular weight is 428 g/mol.